The van der Waals surface area contributed by atoms with Crippen LogP contribution in [0.3, 0.4) is 0 Å². The number of H-pyrrole nitrogens is 2. The van der Waals surface area contributed by atoms with E-state index < -0.39 is 0 Å². The van der Waals surface area contributed by atoms with Gasteiger partial charge in [0.05, 0.1) is 16.1 Å². The van der Waals surface area contributed by atoms with Crippen molar-refractivity contribution < 1.29 is 4.74 Å². The fourth-order valence-corrected chi connectivity index (χ4v) is 3.80. The summed E-state index contributed by atoms with van der Waals surface area (Å²) in [6, 6.07) is 19.3. The third-order valence-electron chi connectivity index (χ3n) is 5.08. The number of aromatic amines is 2. The largest absolute Gasteiger partial charge is 0.487 e. The predicted octanol–water partition coefficient (Wildman–Crippen LogP) is 6.55. The number of nitrogens with zero attached hydrogens (tertiary/aromatic N) is 4. The van der Waals surface area contributed by atoms with Crippen molar-refractivity contribution >= 4 is 56.8 Å². The van der Waals surface area contributed by atoms with Crippen LogP contribution in [0, 0.1) is 0 Å². The zero-order valence-electron chi connectivity index (χ0n) is 18.2. The molecule has 4 aromatic heterocycles. The molecule has 3 N–H and O–H groups in total. The molecule has 35 heavy (non-hydrogen) atoms. The Morgan fingerprint density at radius 3 is 2.23 bits per heavy atom. The van der Waals surface area contributed by atoms with Crippen LogP contribution in [0.2, 0.25) is 10.2 Å². The Labute approximate surface area is 210 Å². The third kappa shape index (κ3) is 5.34. The Kier molecular flexibility index (Phi) is 6.74. The van der Waals surface area contributed by atoms with Crippen molar-refractivity contribution in [2.24, 2.45) is 0 Å². The van der Waals surface area contributed by atoms with Crippen LogP contribution in [-0.4, -0.2) is 29.9 Å². The van der Waals surface area contributed by atoms with Gasteiger partial charge in [-0.1, -0.05) is 53.5 Å². The average molecular weight is 504 g/mol. The quantitative estimate of drug-likeness (QED) is 0.230. The van der Waals surface area contributed by atoms with Crippen molar-refractivity contribution in [1.29, 1.82) is 0 Å². The summed E-state index contributed by atoms with van der Waals surface area (Å²) in [6.45, 7) is 0.475. The van der Waals surface area contributed by atoms with Crippen LogP contribution in [0.25, 0.3) is 22.1 Å². The number of nitrogens with one attached hydrogen (secondary N) is 3. The van der Waals surface area contributed by atoms with E-state index in [9.17, 15) is 0 Å². The molecule has 6 aromatic rings. The Bertz CT molecular complexity index is 1570. The van der Waals surface area contributed by atoms with Crippen molar-refractivity contribution in [2.45, 2.75) is 6.61 Å². The Hall–Kier alpha value is -4.14. The molecule has 174 valence electrons. The van der Waals surface area contributed by atoms with Gasteiger partial charge in [-0.05, 0) is 35.9 Å². The lowest BCUT2D eigenvalue weighted by Crippen LogP contribution is -1.98. The SMILES string of the molecule is Clc1cc(Nc2ncnc3cc[nH]c23)ccc1OCc1ccccc1.Clc1ncnc2cc[nH]c12. The Morgan fingerprint density at radius 1 is 0.771 bits per heavy atom. The van der Waals surface area contributed by atoms with Gasteiger partial charge in [0.1, 0.15) is 36.0 Å². The normalized spacial score (nSPS) is 10.7. The van der Waals surface area contributed by atoms with Crippen LogP contribution in [0.15, 0.2) is 85.7 Å². The van der Waals surface area contributed by atoms with Gasteiger partial charge in [0.25, 0.3) is 0 Å². The summed E-state index contributed by atoms with van der Waals surface area (Å²) in [5.74, 6) is 1.34. The Balaban J connectivity index is 0.000000211. The summed E-state index contributed by atoms with van der Waals surface area (Å²) in [5, 5.41) is 4.26. The highest BCUT2D eigenvalue weighted by Gasteiger charge is 2.08. The number of ether oxygens (including phenoxy) is 1. The van der Waals surface area contributed by atoms with Crippen molar-refractivity contribution in [3.63, 3.8) is 0 Å². The maximum absolute atomic E-state index is 6.35. The molecular formula is C25H19Cl2N7O. The van der Waals surface area contributed by atoms with E-state index in [0.29, 0.717) is 28.3 Å². The lowest BCUT2D eigenvalue weighted by Gasteiger charge is -2.11. The number of aromatic nitrogens is 6. The Morgan fingerprint density at radius 2 is 1.49 bits per heavy atom. The third-order valence-corrected chi connectivity index (χ3v) is 5.66. The highest BCUT2D eigenvalue weighted by Crippen LogP contribution is 2.30. The van der Waals surface area contributed by atoms with Gasteiger partial charge < -0.3 is 20.0 Å². The van der Waals surface area contributed by atoms with Gasteiger partial charge in [-0.3, -0.25) is 0 Å². The number of hydrogen-bond donors (Lipinski definition) is 3. The first kappa shape index (κ1) is 22.6. The smallest absolute Gasteiger partial charge is 0.158 e. The van der Waals surface area contributed by atoms with Gasteiger partial charge in [0.15, 0.2) is 11.0 Å². The summed E-state index contributed by atoms with van der Waals surface area (Å²) in [7, 11) is 0. The minimum Gasteiger partial charge on any atom is -0.487 e. The molecule has 0 aliphatic carbocycles. The molecule has 0 unspecified atom stereocenters. The first-order chi connectivity index (χ1) is 17.2. The summed E-state index contributed by atoms with van der Waals surface area (Å²) in [6.07, 6.45) is 6.58. The molecule has 4 heterocycles. The maximum Gasteiger partial charge on any atom is 0.158 e. The molecule has 0 saturated heterocycles. The molecule has 8 nitrogen and oxygen atoms in total. The van der Waals surface area contributed by atoms with Crippen molar-refractivity contribution in [3.8, 4) is 5.75 Å². The van der Waals surface area contributed by atoms with Gasteiger partial charge in [-0.2, -0.15) is 0 Å². The molecule has 0 radical (unpaired) electrons. The second-order valence-corrected chi connectivity index (χ2v) is 8.17. The molecule has 0 aliphatic rings. The molecule has 0 amide bonds. The lowest BCUT2D eigenvalue weighted by atomic mass is 10.2. The van der Waals surface area contributed by atoms with Crippen LogP contribution in [0.1, 0.15) is 5.56 Å². The highest BCUT2D eigenvalue weighted by molar-refractivity contribution is 6.33. The van der Waals surface area contributed by atoms with Crippen LogP contribution in [0.5, 0.6) is 5.75 Å². The average Bonchev–Trinajstić information content (AvgIpc) is 3.56. The summed E-state index contributed by atoms with van der Waals surface area (Å²) < 4.78 is 5.79. The number of hydrogen-bond acceptors (Lipinski definition) is 6. The minimum absolute atomic E-state index is 0.468. The van der Waals surface area contributed by atoms with E-state index in [1.807, 2.05) is 66.9 Å². The second kappa shape index (κ2) is 10.4. The molecule has 0 atom stereocenters. The van der Waals surface area contributed by atoms with Crippen molar-refractivity contribution in [1.82, 2.24) is 29.9 Å². The van der Waals surface area contributed by atoms with E-state index in [-0.39, 0.29) is 0 Å². The van der Waals surface area contributed by atoms with E-state index in [2.05, 4.69) is 35.2 Å². The van der Waals surface area contributed by atoms with Gasteiger partial charge >= 0.3 is 0 Å². The molecular weight excluding hydrogens is 485 g/mol. The molecule has 0 bridgehead atoms. The van der Waals surface area contributed by atoms with Crippen LogP contribution >= 0.6 is 23.2 Å². The first-order valence-corrected chi connectivity index (χ1v) is 11.4. The predicted molar refractivity (Wildman–Crippen MR) is 138 cm³/mol. The van der Waals surface area contributed by atoms with E-state index >= 15 is 0 Å². The molecule has 10 heteroatoms. The lowest BCUT2D eigenvalue weighted by molar-refractivity contribution is 0.306. The maximum atomic E-state index is 6.35. The van der Waals surface area contributed by atoms with Crippen molar-refractivity contribution in [2.75, 3.05) is 5.32 Å². The van der Waals surface area contributed by atoms with Gasteiger partial charge in [-0.15, -0.1) is 0 Å². The molecule has 0 spiro atoms. The zero-order chi connectivity index (χ0) is 24.0. The van der Waals surface area contributed by atoms with E-state index in [1.165, 1.54) is 12.7 Å². The van der Waals surface area contributed by atoms with Gasteiger partial charge in [0, 0.05) is 18.1 Å². The van der Waals surface area contributed by atoms with E-state index in [1.54, 1.807) is 6.20 Å². The number of fused-ring (bicyclic) bond motifs is 2. The van der Waals surface area contributed by atoms with Crippen LogP contribution in [0.4, 0.5) is 11.5 Å². The number of halogens is 2. The molecule has 0 fully saturated rings. The van der Waals surface area contributed by atoms with Gasteiger partial charge in [0.2, 0.25) is 0 Å². The van der Waals surface area contributed by atoms with E-state index in [0.717, 1.165) is 33.3 Å². The fourth-order valence-electron chi connectivity index (χ4n) is 3.37. The number of rotatable bonds is 5. The first-order valence-electron chi connectivity index (χ1n) is 10.6. The fraction of sp³-hybridized carbons (Fsp3) is 0.0400. The van der Waals surface area contributed by atoms with Crippen LogP contribution in [-0.2, 0) is 6.61 Å². The zero-order valence-corrected chi connectivity index (χ0v) is 19.8. The highest BCUT2D eigenvalue weighted by atomic mass is 35.5. The summed E-state index contributed by atoms with van der Waals surface area (Å²) >= 11 is 12.1. The topological polar surface area (TPSA) is 104 Å². The van der Waals surface area contributed by atoms with Gasteiger partial charge in [-0.25, -0.2) is 19.9 Å². The standard InChI is InChI=1S/C19H15ClN4O.C6H4ClN3/c20-15-10-14(24-19-18-16(8-9-21-18)22-12-23-19)6-7-17(15)25-11-13-4-2-1-3-5-13;7-6-5-4(1-2-8-5)9-3-10-6/h1-10,12,21H,11H2,(H,22,23,24);1-3,8H. The number of anilines is 2. The summed E-state index contributed by atoms with van der Waals surface area (Å²) in [4.78, 5) is 22.3. The molecule has 6 rings (SSSR count). The monoisotopic (exact) mass is 503 g/mol. The van der Waals surface area contributed by atoms with Crippen LogP contribution < -0.4 is 10.1 Å². The van der Waals surface area contributed by atoms with E-state index in [4.69, 9.17) is 27.9 Å². The van der Waals surface area contributed by atoms with Crippen molar-refractivity contribution in [3.05, 3.63) is 101 Å². The molecule has 0 saturated carbocycles. The summed E-state index contributed by atoms with van der Waals surface area (Å²) in [5.41, 5.74) is 5.26. The molecule has 0 aliphatic heterocycles. The molecule has 2 aromatic carbocycles. The number of benzene rings is 2. The second-order valence-electron chi connectivity index (χ2n) is 7.41. The minimum atomic E-state index is 0.468.